The maximum absolute atomic E-state index is 12.2. The Morgan fingerprint density at radius 1 is 1.10 bits per heavy atom. The van der Waals surface area contributed by atoms with Gasteiger partial charge in [-0.05, 0) is 18.9 Å². The van der Waals surface area contributed by atoms with E-state index in [1.807, 2.05) is 0 Å². The van der Waals surface area contributed by atoms with Gasteiger partial charge >= 0.3 is 0 Å². The molecule has 0 saturated heterocycles. The molecule has 1 aliphatic heterocycles. The summed E-state index contributed by atoms with van der Waals surface area (Å²) in [5.74, 6) is -0.411. The SMILES string of the molecule is O=C1c2ccncc2C(=O)N1CCNC1CCCCCC1. The lowest BCUT2D eigenvalue weighted by Crippen LogP contribution is -2.39. The first kappa shape index (κ1) is 14.2. The molecule has 0 unspecified atom stereocenters. The minimum Gasteiger partial charge on any atom is -0.312 e. The fourth-order valence-corrected chi connectivity index (χ4v) is 3.20. The van der Waals surface area contributed by atoms with Gasteiger partial charge in [0, 0.05) is 31.5 Å². The van der Waals surface area contributed by atoms with Gasteiger partial charge in [-0.2, -0.15) is 0 Å². The molecule has 0 aromatic carbocycles. The number of rotatable bonds is 4. The van der Waals surface area contributed by atoms with Crippen LogP contribution in [0.15, 0.2) is 18.5 Å². The normalized spacial score (nSPS) is 19.7. The van der Waals surface area contributed by atoms with E-state index in [2.05, 4.69) is 10.3 Å². The summed E-state index contributed by atoms with van der Waals surface area (Å²) in [6.45, 7) is 1.10. The lowest BCUT2D eigenvalue weighted by molar-refractivity contribution is 0.0654. The Kier molecular flexibility index (Phi) is 4.29. The Balaban J connectivity index is 1.54. The molecule has 2 amide bonds. The first-order valence-corrected chi connectivity index (χ1v) is 7.81. The van der Waals surface area contributed by atoms with Crippen molar-refractivity contribution in [2.24, 2.45) is 0 Å². The average Bonchev–Trinajstić information content (AvgIpc) is 2.70. The Morgan fingerprint density at radius 2 is 1.81 bits per heavy atom. The monoisotopic (exact) mass is 287 g/mol. The Morgan fingerprint density at radius 3 is 2.52 bits per heavy atom. The molecule has 1 aromatic rings. The van der Waals surface area contributed by atoms with E-state index in [-0.39, 0.29) is 11.8 Å². The van der Waals surface area contributed by atoms with Gasteiger partial charge in [0.25, 0.3) is 11.8 Å². The van der Waals surface area contributed by atoms with E-state index in [0.717, 1.165) is 0 Å². The Labute approximate surface area is 124 Å². The topological polar surface area (TPSA) is 62.3 Å². The molecule has 0 spiro atoms. The largest absolute Gasteiger partial charge is 0.312 e. The molecule has 0 atom stereocenters. The molecule has 21 heavy (non-hydrogen) atoms. The standard InChI is InChI=1S/C16H21N3O2/c20-15-13-7-8-17-11-14(13)16(21)19(15)10-9-18-12-5-3-1-2-4-6-12/h7-8,11-12,18H,1-6,9-10H2. The molecule has 2 aliphatic rings. The number of pyridine rings is 1. The number of carbonyl (C=O) groups excluding carboxylic acids is 2. The molecule has 1 N–H and O–H groups in total. The highest BCUT2D eigenvalue weighted by Gasteiger charge is 2.35. The zero-order chi connectivity index (χ0) is 14.7. The third-order valence-corrected chi connectivity index (χ3v) is 4.40. The van der Waals surface area contributed by atoms with Gasteiger partial charge in [0.2, 0.25) is 0 Å². The minimum atomic E-state index is -0.217. The van der Waals surface area contributed by atoms with Crippen molar-refractivity contribution >= 4 is 11.8 Å². The van der Waals surface area contributed by atoms with E-state index in [1.54, 1.807) is 12.3 Å². The highest BCUT2D eigenvalue weighted by Crippen LogP contribution is 2.21. The van der Waals surface area contributed by atoms with Crippen LogP contribution in [0.4, 0.5) is 0 Å². The molecule has 5 nitrogen and oxygen atoms in total. The van der Waals surface area contributed by atoms with Gasteiger partial charge in [-0.15, -0.1) is 0 Å². The molecule has 2 heterocycles. The quantitative estimate of drug-likeness (QED) is 0.679. The molecule has 1 fully saturated rings. The van der Waals surface area contributed by atoms with Crippen LogP contribution in [0.5, 0.6) is 0 Å². The predicted molar refractivity (Wildman–Crippen MR) is 79.1 cm³/mol. The number of imide groups is 1. The van der Waals surface area contributed by atoms with Crippen molar-refractivity contribution in [3.05, 3.63) is 29.6 Å². The lowest BCUT2D eigenvalue weighted by atomic mass is 10.1. The second-order valence-corrected chi connectivity index (χ2v) is 5.83. The fraction of sp³-hybridized carbons (Fsp3) is 0.562. The molecule has 0 radical (unpaired) electrons. The van der Waals surface area contributed by atoms with E-state index < -0.39 is 0 Å². The van der Waals surface area contributed by atoms with Gasteiger partial charge < -0.3 is 5.32 Å². The van der Waals surface area contributed by atoms with E-state index in [4.69, 9.17) is 0 Å². The number of nitrogens with one attached hydrogen (secondary N) is 1. The Hall–Kier alpha value is -1.75. The number of aromatic nitrogens is 1. The van der Waals surface area contributed by atoms with Crippen molar-refractivity contribution in [1.82, 2.24) is 15.2 Å². The third-order valence-electron chi connectivity index (χ3n) is 4.40. The Bertz CT molecular complexity index is 501. The van der Waals surface area contributed by atoms with Crippen molar-refractivity contribution in [2.45, 2.75) is 44.6 Å². The highest BCUT2D eigenvalue weighted by molar-refractivity contribution is 6.21. The summed E-state index contributed by atoms with van der Waals surface area (Å²) in [4.78, 5) is 29.6. The summed E-state index contributed by atoms with van der Waals surface area (Å²) < 4.78 is 0. The smallest absolute Gasteiger partial charge is 0.263 e. The zero-order valence-corrected chi connectivity index (χ0v) is 12.2. The molecular formula is C16H21N3O2. The van der Waals surface area contributed by atoms with E-state index in [9.17, 15) is 9.59 Å². The van der Waals surface area contributed by atoms with Crippen LogP contribution in [0.3, 0.4) is 0 Å². The fourth-order valence-electron chi connectivity index (χ4n) is 3.20. The third kappa shape index (κ3) is 2.97. The molecule has 112 valence electrons. The number of hydrogen-bond acceptors (Lipinski definition) is 4. The number of nitrogens with zero attached hydrogens (tertiary/aromatic N) is 2. The van der Waals surface area contributed by atoms with Crippen LogP contribution in [0.2, 0.25) is 0 Å². The van der Waals surface area contributed by atoms with Crippen molar-refractivity contribution < 1.29 is 9.59 Å². The summed E-state index contributed by atoms with van der Waals surface area (Å²) in [5.41, 5.74) is 0.904. The van der Waals surface area contributed by atoms with Crippen LogP contribution in [0.1, 0.15) is 59.2 Å². The summed E-state index contributed by atoms with van der Waals surface area (Å²) in [6, 6.07) is 2.15. The number of carbonyl (C=O) groups is 2. The molecule has 5 heteroatoms. The second-order valence-electron chi connectivity index (χ2n) is 5.83. The van der Waals surface area contributed by atoms with Crippen LogP contribution in [-0.4, -0.2) is 40.8 Å². The van der Waals surface area contributed by atoms with Crippen molar-refractivity contribution in [2.75, 3.05) is 13.1 Å². The number of amides is 2. The molecule has 0 bridgehead atoms. The minimum absolute atomic E-state index is 0.194. The van der Waals surface area contributed by atoms with Gasteiger partial charge in [0.15, 0.2) is 0 Å². The average molecular weight is 287 g/mol. The molecule has 1 aliphatic carbocycles. The molecule has 1 aromatic heterocycles. The maximum Gasteiger partial charge on any atom is 0.263 e. The van der Waals surface area contributed by atoms with Crippen molar-refractivity contribution in [1.29, 1.82) is 0 Å². The van der Waals surface area contributed by atoms with Crippen LogP contribution < -0.4 is 5.32 Å². The van der Waals surface area contributed by atoms with Crippen molar-refractivity contribution in [3.8, 4) is 0 Å². The zero-order valence-electron chi connectivity index (χ0n) is 12.2. The second kappa shape index (κ2) is 6.35. The summed E-state index contributed by atoms with van der Waals surface area (Å²) in [6.07, 6.45) is 10.6. The van der Waals surface area contributed by atoms with E-state index in [0.29, 0.717) is 30.3 Å². The first-order chi connectivity index (χ1) is 10.3. The molecular weight excluding hydrogens is 266 g/mol. The van der Waals surface area contributed by atoms with Gasteiger partial charge in [-0.1, -0.05) is 25.7 Å². The van der Waals surface area contributed by atoms with Gasteiger partial charge in [0.1, 0.15) is 0 Å². The van der Waals surface area contributed by atoms with E-state index in [1.165, 1.54) is 49.6 Å². The predicted octanol–water partition coefficient (Wildman–Crippen LogP) is 1.99. The van der Waals surface area contributed by atoms with Crippen LogP contribution in [0.25, 0.3) is 0 Å². The van der Waals surface area contributed by atoms with Crippen LogP contribution in [0, 0.1) is 0 Å². The summed E-state index contributed by atoms with van der Waals surface area (Å²) in [7, 11) is 0. The first-order valence-electron chi connectivity index (χ1n) is 7.81. The van der Waals surface area contributed by atoms with Crippen LogP contribution >= 0.6 is 0 Å². The number of fused-ring (bicyclic) bond motifs is 1. The molecule has 1 saturated carbocycles. The summed E-state index contributed by atoms with van der Waals surface area (Å²) in [5, 5.41) is 3.49. The van der Waals surface area contributed by atoms with Gasteiger partial charge in [0.05, 0.1) is 11.1 Å². The van der Waals surface area contributed by atoms with Gasteiger partial charge in [-0.3, -0.25) is 19.5 Å². The maximum atomic E-state index is 12.2. The van der Waals surface area contributed by atoms with Crippen molar-refractivity contribution in [3.63, 3.8) is 0 Å². The van der Waals surface area contributed by atoms with E-state index >= 15 is 0 Å². The van der Waals surface area contributed by atoms with Gasteiger partial charge in [-0.25, -0.2) is 0 Å². The van der Waals surface area contributed by atoms with Crippen LogP contribution in [-0.2, 0) is 0 Å². The lowest BCUT2D eigenvalue weighted by Gasteiger charge is -2.19. The summed E-state index contributed by atoms with van der Waals surface area (Å²) >= 11 is 0. The molecule has 3 rings (SSSR count). The number of hydrogen-bond donors (Lipinski definition) is 1. The highest BCUT2D eigenvalue weighted by atomic mass is 16.2.